The molecule has 0 bridgehead atoms. The Bertz CT molecular complexity index is 1070. The molecule has 1 fully saturated rings. The van der Waals surface area contributed by atoms with Crippen molar-refractivity contribution in [3.63, 3.8) is 0 Å². The van der Waals surface area contributed by atoms with Gasteiger partial charge in [-0.1, -0.05) is 0 Å². The number of nitrogens with one attached hydrogen (secondary N) is 1. The van der Waals surface area contributed by atoms with Gasteiger partial charge in [0.2, 0.25) is 11.8 Å². The number of rotatable bonds is 5. The van der Waals surface area contributed by atoms with E-state index in [1.807, 2.05) is 32.0 Å². The second-order valence-corrected chi connectivity index (χ2v) is 8.24. The van der Waals surface area contributed by atoms with Crippen LogP contribution < -0.4 is 29.2 Å². The highest BCUT2D eigenvalue weighted by Crippen LogP contribution is 2.39. The normalized spacial score (nSPS) is 21.2. The molecule has 8 heteroatoms. The second-order valence-electron chi connectivity index (χ2n) is 8.24. The number of hydrogen-bond donors (Lipinski definition) is 1. The number of carbonyl (C=O) groups excluding carboxylic acids is 2. The molecule has 1 saturated heterocycles. The van der Waals surface area contributed by atoms with Gasteiger partial charge in [0, 0.05) is 42.8 Å². The first-order valence-electron chi connectivity index (χ1n) is 11.0. The average Bonchev–Trinajstić information content (AvgIpc) is 3.35. The van der Waals surface area contributed by atoms with Crippen molar-refractivity contribution in [3.05, 3.63) is 35.9 Å². The predicted octanol–water partition coefficient (Wildman–Crippen LogP) is 3.17. The van der Waals surface area contributed by atoms with Gasteiger partial charge in [0.1, 0.15) is 30.8 Å². The Morgan fingerprint density at radius 2 is 1.94 bits per heavy atom. The maximum absolute atomic E-state index is 13.1. The summed E-state index contributed by atoms with van der Waals surface area (Å²) in [5.41, 5.74) is 2.33. The van der Waals surface area contributed by atoms with Crippen LogP contribution in [0.5, 0.6) is 23.0 Å². The number of carbonyl (C=O) groups is 2. The molecule has 0 radical (unpaired) electrons. The first-order valence-corrected chi connectivity index (χ1v) is 11.0. The van der Waals surface area contributed by atoms with Crippen molar-refractivity contribution in [1.29, 1.82) is 0 Å². The Kier molecular flexibility index (Phi) is 5.28. The molecule has 5 rings (SSSR count). The second kappa shape index (κ2) is 8.26. The molecule has 0 saturated carbocycles. The van der Waals surface area contributed by atoms with Crippen LogP contribution in [0, 0.1) is 5.92 Å². The lowest BCUT2D eigenvalue weighted by Gasteiger charge is -2.22. The highest BCUT2D eigenvalue weighted by Gasteiger charge is 2.36. The van der Waals surface area contributed by atoms with E-state index in [-0.39, 0.29) is 24.3 Å². The van der Waals surface area contributed by atoms with E-state index >= 15 is 0 Å². The van der Waals surface area contributed by atoms with E-state index in [1.54, 1.807) is 17.0 Å². The lowest BCUT2D eigenvalue weighted by Crippen LogP contribution is -2.28. The summed E-state index contributed by atoms with van der Waals surface area (Å²) in [5.74, 6) is 1.87. The molecule has 3 aliphatic rings. The monoisotopic (exact) mass is 438 g/mol. The van der Waals surface area contributed by atoms with Gasteiger partial charge >= 0.3 is 0 Å². The van der Waals surface area contributed by atoms with E-state index in [1.165, 1.54) is 0 Å². The van der Waals surface area contributed by atoms with Gasteiger partial charge < -0.3 is 29.2 Å². The Hall–Kier alpha value is -3.42. The highest BCUT2D eigenvalue weighted by atomic mass is 16.6. The molecule has 2 atom stereocenters. The maximum Gasteiger partial charge on any atom is 0.229 e. The summed E-state index contributed by atoms with van der Waals surface area (Å²) >= 11 is 0. The molecule has 2 aromatic carbocycles. The van der Waals surface area contributed by atoms with Gasteiger partial charge in [0.25, 0.3) is 0 Å². The molecule has 2 aromatic rings. The van der Waals surface area contributed by atoms with Crippen LogP contribution in [-0.4, -0.2) is 44.3 Å². The molecule has 1 N–H and O–H groups in total. The van der Waals surface area contributed by atoms with Gasteiger partial charge in [-0.15, -0.1) is 0 Å². The average molecular weight is 438 g/mol. The summed E-state index contributed by atoms with van der Waals surface area (Å²) in [4.78, 5) is 27.4. The fourth-order valence-electron chi connectivity index (χ4n) is 4.38. The lowest BCUT2D eigenvalue weighted by atomic mass is 10.1. The lowest BCUT2D eigenvalue weighted by molar-refractivity contribution is -0.122. The predicted molar refractivity (Wildman–Crippen MR) is 118 cm³/mol. The Morgan fingerprint density at radius 1 is 1.12 bits per heavy atom. The summed E-state index contributed by atoms with van der Waals surface area (Å²) in [6.45, 7) is 5.67. The molecule has 2 amide bonds. The molecule has 3 heterocycles. The number of anilines is 2. The van der Waals surface area contributed by atoms with E-state index < -0.39 is 5.92 Å². The van der Waals surface area contributed by atoms with E-state index in [0.29, 0.717) is 55.0 Å². The molecule has 0 unspecified atom stereocenters. The van der Waals surface area contributed by atoms with E-state index in [9.17, 15) is 9.59 Å². The summed E-state index contributed by atoms with van der Waals surface area (Å²) in [7, 11) is 0. The van der Waals surface area contributed by atoms with Crippen LogP contribution in [0.3, 0.4) is 0 Å². The third-order valence-electron chi connectivity index (χ3n) is 5.89. The highest BCUT2D eigenvalue weighted by molar-refractivity contribution is 6.04. The van der Waals surface area contributed by atoms with E-state index in [4.69, 9.17) is 18.9 Å². The molecule has 0 aromatic heterocycles. The van der Waals surface area contributed by atoms with Crippen molar-refractivity contribution in [2.45, 2.75) is 32.8 Å². The molecule has 0 spiro atoms. The molecule has 32 heavy (non-hydrogen) atoms. The smallest absolute Gasteiger partial charge is 0.229 e. The third-order valence-corrected chi connectivity index (χ3v) is 5.89. The summed E-state index contributed by atoms with van der Waals surface area (Å²) in [6.07, 6.45) is 1.05. The van der Waals surface area contributed by atoms with Crippen LogP contribution in [-0.2, 0) is 16.0 Å². The Balaban J connectivity index is 1.32. The molecule has 8 nitrogen and oxygen atoms in total. The molecular weight excluding hydrogens is 412 g/mol. The minimum atomic E-state index is -0.474. The Labute approximate surface area is 186 Å². The van der Waals surface area contributed by atoms with E-state index in [2.05, 4.69) is 5.32 Å². The van der Waals surface area contributed by atoms with Gasteiger partial charge in [-0.25, -0.2) is 0 Å². The number of amides is 2. The minimum absolute atomic E-state index is 0.0948. The standard InChI is InChI=1S/C24H26N2O6/c1-3-29-21-9-15-8-14(2)32-20(15)12-18(21)25-24(28)16-10-23(27)26(13-16)17-4-5-19-22(11-17)31-7-6-30-19/h4-5,9,11-12,14,16H,3,6-8,10,13H2,1-2H3,(H,25,28)/t14-,16-/m1/s1. The zero-order valence-corrected chi connectivity index (χ0v) is 18.2. The van der Waals surface area contributed by atoms with Gasteiger partial charge in [0.15, 0.2) is 11.5 Å². The van der Waals surface area contributed by atoms with Crippen LogP contribution in [0.25, 0.3) is 0 Å². The maximum atomic E-state index is 13.1. The third kappa shape index (κ3) is 3.81. The van der Waals surface area contributed by atoms with Gasteiger partial charge in [0.05, 0.1) is 18.2 Å². The van der Waals surface area contributed by atoms with Crippen LogP contribution in [0.2, 0.25) is 0 Å². The van der Waals surface area contributed by atoms with Gasteiger partial charge in [-0.05, 0) is 32.0 Å². The Morgan fingerprint density at radius 3 is 2.75 bits per heavy atom. The van der Waals surface area contributed by atoms with Gasteiger partial charge in [-0.2, -0.15) is 0 Å². The zero-order valence-electron chi connectivity index (χ0n) is 18.2. The number of fused-ring (bicyclic) bond motifs is 2. The number of benzene rings is 2. The van der Waals surface area contributed by atoms with Crippen LogP contribution in [0.15, 0.2) is 30.3 Å². The summed E-state index contributed by atoms with van der Waals surface area (Å²) in [6, 6.07) is 9.15. The van der Waals surface area contributed by atoms with Crippen LogP contribution in [0.4, 0.5) is 11.4 Å². The fourth-order valence-corrected chi connectivity index (χ4v) is 4.38. The van der Waals surface area contributed by atoms with Crippen molar-refractivity contribution < 1.29 is 28.5 Å². The largest absolute Gasteiger partial charge is 0.492 e. The minimum Gasteiger partial charge on any atom is -0.492 e. The van der Waals surface area contributed by atoms with Crippen LogP contribution >= 0.6 is 0 Å². The van der Waals surface area contributed by atoms with Gasteiger partial charge in [-0.3, -0.25) is 9.59 Å². The number of nitrogens with zero attached hydrogens (tertiary/aromatic N) is 1. The van der Waals surface area contributed by atoms with Crippen molar-refractivity contribution in [2.75, 3.05) is 36.6 Å². The SMILES string of the molecule is CCOc1cc2c(cc1NC(=O)[C@@H]1CC(=O)N(c3ccc4c(c3)OCCO4)C1)O[C@H](C)C2. The van der Waals surface area contributed by atoms with Crippen molar-refractivity contribution in [1.82, 2.24) is 0 Å². The van der Waals surface area contributed by atoms with Crippen molar-refractivity contribution >= 4 is 23.2 Å². The summed E-state index contributed by atoms with van der Waals surface area (Å²) in [5, 5.41) is 2.96. The molecular formula is C24H26N2O6. The first-order chi connectivity index (χ1) is 15.5. The fraction of sp³-hybridized carbons (Fsp3) is 0.417. The quantitative estimate of drug-likeness (QED) is 0.772. The summed E-state index contributed by atoms with van der Waals surface area (Å²) < 4.78 is 22.8. The van der Waals surface area contributed by atoms with E-state index in [0.717, 1.165) is 17.7 Å². The topological polar surface area (TPSA) is 86.3 Å². The zero-order chi connectivity index (χ0) is 22.2. The van der Waals surface area contributed by atoms with Crippen molar-refractivity contribution in [3.8, 4) is 23.0 Å². The van der Waals surface area contributed by atoms with Crippen molar-refractivity contribution in [2.24, 2.45) is 5.92 Å². The first kappa shape index (κ1) is 20.5. The molecule has 3 aliphatic heterocycles. The molecule has 168 valence electrons. The van der Waals surface area contributed by atoms with Crippen LogP contribution in [0.1, 0.15) is 25.8 Å². The molecule has 0 aliphatic carbocycles. The number of hydrogen-bond acceptors (Lipinski definition) is 6. The number of ether oxygens (including phenoxy) is 4.